The van der Waals surface area contributed by atoms with Crippen molar-refractivity contribution in [1.82, 2.24) is 4.57 Å². The lowest BCUT2D eigenvalue weighted by Gasteiger charge is -2.25. The van der Waals surface area contributed by atoms with E-state index in [1.807, 2.05) is 60.7 Å². The maximum Gasteiger partial charge on any atom is 0.171 e. The van der Waals surface area contributed by atoms with Crippen molar-refractivity contribution in [3.05, 3.63) is 156 Å². The van der Waals surface area contributed by atoms with E-state index in [9.17, 15) is 0 Å². The lowest BCUT2D eigenvalue weighted by atomic mass is 9.81. The molecule has 43 heavy (non-hydrogen) atoms. The van der Waals surface area contributed by atoms with Crippen molar-refractivity contribution in [2.45, 2.75) is 12.8 Å². The number of hydrogen-bond acceptors (Lipinski definition) is 1. The molecule has 1 aromatic heterocycles. The highest BCUT2D eigenvalue weighted by atomic mass is 31.2. The van der Waals surface area contributed by atoms with Crippen LogP contribution in [-0.2, 0) is 11.0 Å². The Hall–Kier alpha value is -4.91. The van der Waals surface area contributed by atoms with Gasteiger partial charge in [0.2, 0.25) is 0 Å². The first-order valence-corrected chi connectivity index (χ1v) is 16.6. The minimum Gasteiger partial charge on any atom is -0.309 e. The van der Waals surface area contributed by atoms with E-state index in [2.05, 4.69) is 89.5 Å². The Morgan fingerprint density at radius 2 is 1.30 bits per heavy atom. The largest absolute Gasteiger partial charge is 0.309 e. The van der Waals surface area contributed by atoms with Gasteiger partial charge in [0.1, 0.15) is 0 Å². The van der Waals surface area contributed by atoms with Crippen molar-refractivity contribution in [3.8, 4) is 5.69 Å². The van der Waals surface area contributed by atoms with Crippen LogP contribution in [0.15, 0.2) is 140 Å². The van der Waals surface area contributed by atoms with Crippen LogP contribution in [0.4, 0.5) is 0 Å². The zero-order valence-electron chi connectivity index (χ0n) is 23.6. The summed E-state index contributed by atoms with van der Waals surface area (Å²) >= 11 is 0. The minimum absolute atomic E-state index is 0.852. The first-order valence-electron chi connectivity index (χ1n) is 14.9. The van der Waals surface area contributed by atoms with E-state index in [0.29, 0.717) is 0 Å². The van der Waals surface area contributed by atoms with Crippen LogP contribution < -0.4 is 15.9 Å². The van der Waals surface area contributed by atoms with E-state index in [4.69, 9.17) is 0 Å². The third-order valence-electron chi connectivity index (χ3n) is 9.31. The molecule has 2 nitrogen and oxygen atoms in total. The topological polar surface area (TPSA) is 22.0 Å². The molecule has 0 fully saturated rings. The van der Waals surface area contributed by atoms with Crippen molar-refractivity contribution < 1.29 is 4.57 Å². The van der Waals surface area contributed by atoms with Crippen LogP contribution in [0.3, 0.4) is 0 Å². The smallest absolute Gasteiger partial charge is 0.171 e. The molecule has 0 atom stereocenters. The fourth-order valence-electron chi connectivity index (χ4n) is 7.36. The van der Waals surface area contributed by atoms with Crippen molar-refractivity contribution >= 4 is 67.3 Å². The Balaban J connectivity index is 1.33. The maximum absolute atomic E-state index is 15.2. The first-order chi connectivity index (χ1) is 21.2. The summed E-state index contributed by atoms with van der Waals surface area (Å²) in [6, 6.07) is 44.1. The predicted octanol–water partition coefficient (Wildman–Crippen LogP) is 8.93. The van der Waals surface area contributed by atoms with E-state index in [0.717, 1.165) is 39.7 Å². The normalized spacial score (nSPS) is 14.0. The fourth-order valence-corrected chi connectivity index (χ4v) is 10.0. The average Bonchev–Trinajstić information content (AvgIpc) is 3.41. The maximum atomic E-state index is 15.2. The number of para-hydroxylation sites is 1. The predicted molar refractivity (Wildman–Crippen MR) is 183 cm³/mol. The van der Waals surface area contributed by atoms with Gasteiger partial charge in [-0.1, -0.05) is 115 Å². The molecule has 0 radical (unpaired) electrons. The monoisotopic (exact) mass is 569 g/mol. The Kier molecular flexibility index (Phi) is 5.33. The van der Waals surface area contributed by atoms with Gasteiger partial charge in [-0.25, -0.2) is 0 Å². The summed E-state index contributed by atoms with van der Waals surface area (Å²) in [4.78, 5) is 0. The molecule has 0 N–H and O–H groups in total. The fraction of sp³-hybridized carbons (Fsp3) is 0.0500. The summed E-state index contributed by atoms with van der Waals surface area (Å²) in [5.41, 5.74) is 9.05. The van der Waals surface area contributed by atoms with Crippen LogP contribution in [-0.4, -0.2) is 4.57 Å². The number of aromatic nitrogens is 1. The van der Waals surface area contributed by atoms with Gasteiger partial charge in [-0.2, -0.15) is 0 Å². The summed E-state index contributed by atoms with van der Waals surface area (Å²) in [6.07, 6.45) is 8.89. The highest BCUT2D eigenvalue weighted by Gasteiger charge is 2.31. The van der Waals surface area contributed by atoms with Gasteiger partial charge < -0.3 is 9.13 Å². The number of benzene rings is 6. The molecule has 0 bridgehead atoms. The highest BCUT2D eigenvalue weighted by Crippen LogP contribution is 2.46. The van der Waals surface area contributed by atoms with Gasteiger partial charge in [0.05, 0.1) is 16.7 Å². The molecule has 0 spiro atoms. The molecule has 0 saturated heterocycles. The molecule has 204 valence electrons. The van der Waals surface area contributed by atoms with Crippen LogP contribution in [0.1, 0.15) is 23.1 Å². The van der Waals surface area contributed by atoms with Crippen LogP contribution >= 0.6 is 7.14 Å². The van der Waals surface area contributed by atoms with Gasteiger partial charge in [0.25, 0.3) is 0 Å². The average molecular weight is 570 g/mol. The Bertz CT molecular complexity index is 2320. The molecule has 6 aromatic carbocycles. The Morgan fingerprint density at radius 1 is 0.605 bits per heavy atom. The van der Waals surface area contributed by atoms with Crippen LogP contribution in [0, 0.1) is 0 Å². The van der Waals surface area contributed by atoms with E-state index >= 15 is 4.57 Å². The lowest BCUT2D eigenvalue weighted by molar-refractivity contribution is 0.592. The molecule has 7 aromatic rings. The van der Waals surface area contributed by atoms with Gasteiger partial charge in [-0.3, -0.25) is 0 Å². The van der Waals surface area contributed by atoms with Gasteiger partial charge in [-0.15, -0.1) is 0 Å². The third-order valence-corrected chi connectivity index (χ3v) is 12.4. The molecule has 0 aliphatic heterocycles. The van der Waals surface area contributed by atoms with Gasteiger partial charge in [0, 0.05) is 26.7 Å². The second-order valence-corrected chi connectivity index (χ2v) is 14.3. The molecule has 0 saturated carbocycles. The van der Waals surface area contributed by atoms with Gasteiger partial charge in [0.15, 0.2) is 7.14 Å². The lowest BCUT2D eigenvalue weighted by Crippen LogP contribution is -2.24. The third kappa shape index (κ3) is 3.51. The molecule has 1 heterocycles. The van der Waals surface area contributed by atoms with E-state index in [-0.39, 0.29) is 0 Å². The van der Waals surface area contributed by atoms with Crippen LogP contribution in [0.5, 0.6) is 0 Å². The first kappa shape index (κ1) is 24.7. The quantitative estimate of drug-likeness (QED) is 0.194. The zero-order valence-corrected chi connectivity index (χ0v) is 24.5. The summed E-state index contributed by atoms with van der Waals surface area (Å²) in [5.74, 6) is 0. The number of nitrogens with zero attached hydrogens (tertiary/aromatic N) is 1. The van der Waals surface area contributed by atoms with Gasteiger partial charge in [-0.05, 0) is 76.2 Å². The van der Waals surface area contributed by atoms with Crippen molar-refractivity contribution in [2.75, 3.05) is 0 Å². The van der Waals surface area contributed by atoms with Crippen LogP contribution in [0.25, 0.3) is 49.9 Å². The SMILES string of the molecule is O=P(c1ccccc1)(c1ccccc1)c1ccc2c(c1)c1ccccc1n2-c1ccc2ccc3c4c2c1CC=C4CC=C3. The van der Waals surface area contributed by atoms with Gasteiger partial charge >= 0.3 is 0 Å². The van der Waals surface area contributed by atoms with E-state index in [1.165, 1.54) is 49.6 Å². The Morgan fingerprint density at radius 3 is 2.09 bits per heavy atom. The zero-order chi connectivity index (χ0) is 28.5. The molecule has 2 aliphatic rings. The number of rotatable bonds is 4. The summed E-state index contributed by atoms with van der Waals surface area (Å²) < 4.78 is 17.7. The molecular formula is C40H28NOP. The Labute approximate surface area is 250 Å². The molecule has 0 unspecified atom stereocenters. The summed E-state index contributed by atoms with van der Waals surface area (Å²) in [7, 11) is -3.10. The van der Waals surface area contributed by atoms with Crippen molar-refractivity contribution in [2.24, 2.45) is 0 Å². The second kappa shape index (κ2) is 9.30. The molecule has 0 amide bonds. The van der Waals surface area contributed by atoms with E-state index < -0.39 is 7.14 Å². The molecule has 3 heteroatoms. The number of allylic oxidation sites excluding steroid dienone is 3. The minimum atomic E-state index is -3.10. The van der Waals surface area contributed by atoms with Crippen LogP contribution in [0.2, 0.25) is 0 Å². The standard InChI is InChI=1S/C40H28NOP/c42-43(30-12-3-1-4-13-30,31-14-5-2-6-15-31)32-22-25-38-35(26-32)33-16-7-8-17-36(33)41(38)37-24-21-29-19-18-27-10-9-11-28-20-23-34(37)40(29)39(27)28/h1-10,12-22,24-26H,11,23H2. The molecule has 9 rings (SSSR count). The highest BCUT2D eigenvalue weighted by molar-refractivity contribution is 7.85. The molecule has 2 aliphatic carbocycles. The van der Waals surface area contributed by atoms with Crippen molar-refractivity contribution in [1.29, 1.82) is 0 Å². The summed E-state index contributed by atoms with van der Waals surface area (Å²) in [6.45, 7) is 0. The van der Waals surface area contributed by atoms with E-state index in [1.54, 1.807) is 0 Å². The molecular weight excluding hydrogens is 541 g/mol. The summed E-state index contributed by atoms with van der Waals surface area (Å²) in [5, 5.41) is 7.54. The number of hydrogen-bond donors (Lipinski definition) is 0. The number of fused-ring (bicyclic) bond motifs is 3. The second-order valence-electron chi connectivity index (χ2n) is 11.6. The van der Waals surface area contributed by atoms with Crippen molar-refractivity contribution in [3.63, 3.8) is 0 Å².